The fourth-order valence-corrected chi connectivity index (χ4v) is 3.04. The summed E-state index contributed by atoms with van der Waals surface area (Å²) in [4.78, 5) is 11.3. The predicted molar refractivity (Wildman–Crippen MR) is 107 cm³/mol. The Morgan fingerprint density at radius 2 is 2.00 bits per heavy atom. The van der Waals surface area contributed by atoms with Crippen molar-refractivity contribution in [3.05, 3.63) is 42.2 Å². The second kappa shape index (κ2) is 8.47. The van der Waals surface area contributed by atoms with Crippen LogP contribution in [-0.4, -0.2) is 36.0 Å². The Morgan fingerprint density at radius 1 is 1.26 bits per heavy atom. The van der Waals surface area contributed by atoms with Gasteiger partial charge in [0.15, 0.2) is 5.96 Å². The largest absolute Gasteiger partial charge is 0.351 e. The minimum atomic E-state index is 0. The molecule has 2 aromatic rings. The molecule has 0 bridgehead atoms. The molecule has 0 atom stereocenters. The molecule has 1 aliphatic heterocycles. The van der Waals surface area contributed by atoms with Gasteiger partial charge in [0.05, 0.1) is 12.2 Å². The van der Waals surface area contributed by atoms with E-state index in [0.717, 1.165) is 30.7 Å². The number of piperidine rings is 1. The maximum Gasteiger partial charge on any atom is 0.193 e. The zero-order chi connectivity index (χ0) is 15.4. The van der Waals surface area contributed by atoms with E-state index in [1.807, 2.05) is 13.2 Å². The van der Waals surface area contributed by atoms with Gasteiger partial charge in [-0.1, -0.05) is 31.2 Å². The number of nitrogens with one attached hydrogen (secondary N) is 1. The summed E-state index contributed by atoms with van der Waals surface area (Å²) in [5.41, 5.74) is 1.07. The number of pyridine rings is 1. The lowest BCUT2D eigenvalue weighted by Gasteiger charge is -2.32. The second-order valence-electron chi connectivity index (χ2n) is 6.05. The maximum atomic E-state index is 4.53. The summed E-state index contributed by atoms with van der Waals surface area (Å²) in [7, 11) is 1.86. The van der Waals surface area contributed by atoms with Gasteiger partial charge in [-0.15, -0.1) is 24.0 Å². The third-order valence-corrected chi connectivity index (χ3v) is 4.47. The lowest BCUT2D eigenvalue weighted by atomic mass is 9.99. The SMILES string of the molecule is CN=C(NCc1nccc2ccccc12)N1CCC(C)CC1.I. The van der Waals surface area contributed by atoms with Crippen LogP contribution in [0.2, 0.25) is 0 Å². The van der Waals surface area contributed by atoms with Gasteiger partial charge in [0.2, 0.25) is 0 Å². The number of aromatic nitrogens is 1. The van der Waals surface area contributed by atoms with Crippen LogP contribution in [0.5, 0.6) is 0 Å². The molecule has 23 heavy (non-hydrogen) atoms. The Bertz CT molecular complexity index is 658. The fourth-order valence-electron chi connectivity index (χ4n) is 3.04. The fraction of sp³-hybridized carbons (Fsp3) is 0.444. The van der Waals surface area contributed by atoms with Crippen LogP contribution < -0.4 is 5.32 Å². The van der Waals surface area contributed by atoms with Gasteiger partial charge >= 0.3 is 0 Å². The Morgan fingerprint density at radius 3 is 2.74 bits per heavy atom. The van der Waals surface area contributed by atoms with Gasteiger partial charge in [-0.25, -0.2) is 0 Å². The van der Waals surface area contributed by atoms with Crippen molar-refractivity contribution in [3.63, 3.8) is 0 Å². The maximum absolute atomic E-state index is 4.53. The van der Waals surface area contributed by atoms with Gasteiger partial charge in [0.1, 0.15) is 0 Å². The Labute approximate surface area is 155 Å². The number of hydrogen-bond acceptors (Lipinski definition) is 2. The monoisotopic (exact) mass is 424 g/mol. The van der Waals surface area contributed by atoms with E-state index in [0.29, 0.717) is 6.54 Å². The minimum absolute atomic E-state index is 0. The molecule has 1 aromatic carbocycles. The molecule has 0 spiro atoms. The van der Waals surface area contributed by atoms with Crippen LogP contribution in [0.3, 0.4) is 0 Å². The van der Waals surface area contributed by atoms with Crippen LogP contribution >= 0.6 is 24.0 Å². The first kappa shape index (κ1) is 18.0. The molecular weight excluding hydrogens is 399 g/mol. The van der Waals surface area contributed by atoms with Crippen molar-refractivity contribution in [1.82, 2.24) is 15.2 Å². The van der Waals surface area contributed by atoms with Crippen LogP contribution in [0.25, 0.3) is 10.8 Å². The van der Waals surface area contributed by atoms with E-state index in [1.54, 1.807) is 0 Å². The average Bonchev–Trinajstić information content (AvgIpc) is 2.57. The molecule has 0 unspecified atom stereocenters. The van der Waals surface area contributed by atoms with E-state index in [4.69, 9.17) is 0 Å². The van der Waals surface area contributed by atoms with Crippen molar-refractivity contribution in [1.29, 1.82) is 0 Å². The van der Waals surface area contributed by atoms with E-state index in [-0.39, 0.29) is 24.0 Å². The molecular formula is C18H25IN4. The third-order valence-electron chi connectivity index (χ3n) is 4.47. The van der Waals surface area contributed by atoms with Crippen LogP contribution in [0, 0.1) is 5.92 Å². The Hall–Kier alpha value is -1.37. The van der Waals surface area contributed by atoms with Crippen molar-refractivity contribution in [2.24, 2.45) is 10.9 Å². The van der Waals surface area contributed by atoms with Crippen LogP contribution in [0.15, 0.2) is 41.5 Å². The van der Waals surface area contributed by atoms with Crippen molar-refractivity contribution >= 4 is 40.7 Å². The molecule has 124 valence electrons. The quantitative estimate of drug-likeness (QED) is 0.455. The zero-order valence-corrected chi connectivity index (χ0v) is 16.2. The third kappa shape index (κ3) is 4.34. The lowest BCUT2D eigenvalue weighted by Crippen LogP contribution is -2.45. The molecule has 0 radical (unpaired) electrons. The molecule has 1 fully saturated rings. The molecule has 4 nitrogen and oxygen atoms in total. The zero-order valence-electron chi connectivity index (χ0n) is 13.8. The summed E-state index contributed by atoms with van der Waals surface area (Å²) in [5.74, 6) is 1.82. The summed E-state index contributed by atoms with van der Waals surface area (Å²) >= 11 is 0. The Kier molecular flexibility index (Phi) is 6.62. The Balaban J connectivity index is 0.00000192. The number of likely N-dealkylation sites (tertiary alicyclic amines) is 1. The molecule has 1 aliphatic rings. The van der Waals surface area contributed by atoms with Crippen molar-refractivity contribution in [3.8, 4) is 0 Å². The number of halogens is 1. The van der Waals surface area contributed by atoms with Crippen molar-refractivity contribution in [2.45, 2.75) is 26.3 Å². The highest BCUT2D eigenvalue weighted by molar-refractivity contribution is 14.0. The summed E-state index contributed by atoms with van der Waals surface area (Å²) in [6, 6.07) is 10.4. The van der Waals surface area contributed by atoms with E-state index in [1.165, 1.54) is 23.6 Å². The normalized spacial score (nSPS) is 16.3. The number of benzene rings is 1. The van der Waals surface area contributed by atoms with Gasteiger partial charge in [-0.05, 0) is 30.2 Å². The highest BCUT2D eigenvalue weighted by Gasteiger charge is 2.18. The van der Waals surface area contributed by atoms with Crippen molar-refractivity contribution < 1.29 is 0 Å². The molecule has 0 amide bonds. The molecule has 1 saturated heterocycles. The van der Waals surface area contributed by atoms with Gasteiger partial charge in [-0.3, -0.25) is 9.98 Å². The smallest absolute Gasteiger partial charge is 0.193 e. The standard InChI is InChI=1S/C18H24N4.HI/c1-14-8-11-22(12-9-14)18(19-2)21-13-17-16-6-4-3-5-15(16)7-10-20-17;/h3-7,10,14H,8-9,11-13H2,1-2H3,(H,19,21);1H. The molecule has 3 rings (SSSR count). The van der Waals surface area contributed by atoms with Crippen molar-refractivity contribution in [2.75, 3.05) is 20.1 Å². The summed E-state index contributed by atoms with van der Waals surface area (Å²) in [5, 5.41) is 5.92. The number of guanidine groups is 1. The second-order valence-corrected chi connectivity index (χ2v) is 6.05. The highest BCUT2D eigenvalue weighted by atomic mass is 127. The summed E-state index contributed by atoms with van der Waals surface area (Å²) < 4.78 is 0. The van der Waals surface area contributed by atoms with E-state index in [9.17, 15) is 0 Å². The molecule has 0 saturated carbocycles. The topological polar surface area (TPSA) is 40.5 Å². The summed E-state index contributed by atoms with van der Waals surface area (Å²) in [6.07, 6.45) is 4.37. The predicted octanol–water partition coefficient (Wildman–Crippen LogP) is 3.66. The van der Waals surface area contributed by atoms with E-state index < -0.39 is 0 Å². The molecule has 1 N–H and O–H groups in total. The number of nitrogens with zero attached hydrogens (tertiary/aromatic N) is 3. The lowest BCUT2D eigenvalue weighted by molar-refractivity contribution is 0.273. The van der Waals surface area contributed by atoms with Crippen LogP contribution in [0.4, 0.5) is 0 Å². The average molecular weight is 424 g/mol. The van der Waals surface area contributed by atoms with Crippen LogP contribution in [-0.2, 0) is 6.54 Å². The molecule has 2 heterocycles. The minimum Gasteiger partial charge on any atom is -0.351 e. The number of hydrogen-bond donors (Lipinski definition) is 1. The van der Waals surface area contributed by atoms with Crippen LogP contribution in [0.1, 0.15) is 25.5 Å². The van der Waals surface area contributed by atoms with Gasteiger partial charge in [0, 0.05) is 31.7 Å². The van der Waals surface area contributed by atoms with Gasteiger partial charge < -0.3 is 10.2 Å². The first-order valence-electron chi connectivity index (χ1n) is 8.06. The molecule has 0 aliphatic carbocycles. The highest BCUT2D eigenvalue weighted by Crippen LogP contribution is 2.17. The number of rotatable bonds is 2. The molecule has 5 heteroatoms. The van der Waals surface area contributed by atoms with E-state index >= 15 is 0 Å². The van der Waals surface area contributed by atoms with Gasteiger partial charge in [0.25, 0.3) is 0 Å². The number of fused-ring (bicyclic) bond motifs is 1. The summed E-state index contributed by atoms with van der Waals surface area (Å²) in [6.45, 7) is 5.21. The van der Waals surface area contributed by atoms with Gasteiger partial charge in [-0.2, -0.15) is 0 Å². The molecule has 1 aromatic heterocycles. The first-order valence-corrected chi connectivity index (χ1v) is 8.06. The number of aliphatic imine (C=N–C) groups is 1. The first-order chi connectivity index (χ1) is 10.8. The van der Waals surface area contributed by atoms with E-state index in [2.05, 4.69) is 57.4 Å².